The Morgan fingerprint density at radius 2 is 1.60 bits per heavy atom. The fourth-order valence-electron chi connectivity index (χ4n) is 2.46. The normalized spacial score (nSPS) is 12.8. The van der Waals surface area contributed by atoms with Crippen LogP contribution in [0.3, 0.4) is 0 Å². The predicted octanol–water partition coefficient (Wildman–Crippen LogP) is 5.43. The van der Waals surface area contributed by atoms with Gasteiger partial charge in [0.15, 0.2) is 0 Å². The summed E-state index contributed by atoms with van der Waals surface area (Å²) in [4.78, 5) is 2.37. The summed E-state index contributed by atoms with van der Waals surface area (Å²) in [6.45, 7) is 9.69. The molecule has 114 valence electrons. The Morgan fingerprint density at radius 1 is 0.950 bits per heavy atom. The van der Waals surface area contributed by atoms with Crippen molar-refractivity contribution in [2.24, 2.45) is 0 Å². The molecule has 1 aromatic carbocycles. The average Bonchev–Trinajstić information content (AvgIpc) is 2.49. The van der Waals surface area contributed by atoms with Crippen molar-refractivity contribution in [2.75, 3.05) is 19.6 Å². The fraction of sp³-hybridized carbons (Fsp3) is 0.667. The maximum Gasteiger partial charge on any atom is 0.0712 e. The van der Waals surface area contributed by atoms with Gasteiger partial charge in [0.05, 0.1) is 5.38 Å². The number of hydrogen-bond acceptors (Lipinski definition) is 1. The number of nitrogens with zero attached hydrogens (tertiary/aromatic N) is 1. The minimum atomic E-state index is 0.101. The van der Waals surface area contributed by atoms with Crippen molar-refractivity contribution in [1.82, 2.24) is 4.90 Å². The molecule has 2 heteroatoms. The second-order valence-corrected chi connectivity index (χ2v) is 6.03. The highest BCUT2D eigenvalue weighted by Crippen LogP contribution is 2.22. The molecular formula is C18H30ClN. The molecule has 0 bridgehead atoms. The molecule has 0 spiro atoms. The molecule has 0 fully saturated rings. The maximum atomic E-state index is 6.51. The number of alkyl halides is 1. The number of benzene rings is 1. The molecule has 0 amide bonds. The summed E-state index contributed by atoms with van der Waals surface area (Å²) in [6, 6.07) is 8.91. The highest BCUT2D eigenvalue weighted by atomic mass is 35.5. The first-order valence-corrected chi connectivity index (χ1v) is 8.60. The van der Waals surface area contributed by atoms with Crippen LogP contribution >= 0.6 is 11.6 Å². The number of unbranched alkanes of at least 4 members (excludes halogenated alkanes) is 3. The van der Waals surface area contributed by atoms with Crippen molar-refractivity contribution >= 4 is 11.6 Å². The van der Waals surface area contributed by atoms with E-state index in [4.69, 9.17) is 11.6 Å². The smallest absolute Gasteiger partial charge is 0.0712 e. The topological polar surface area (TPSA) is 3.24 Å². The van der Waals surface area contributed by atoms with Gasteiger partial charge in [-0.1, -0.05) is 64.3 Å². The van der Waals surface area contributed by atoms with Gasteiger partial charge in [0.25, 0.3) is 0 Å². The second-order valence-electron chi connectivity index (χ2n) is 5.51. The van der Waals surface area contributed by atoms with E-state index in [0.29, 0.717) is 0 Å². The molecule has 0 saturated carbocycles. The van der Waals surface area contributed by atoms with E-state index in [1.54, 1.807) is 0 Å². The van der Waals surface area contributed by atoms with Crippen LogP contribution in [-0.4, -0.2) is 24.5 Å². The summed E-state index contributed by atoms with van der Waals surface area (Å²) in [5.74, 6) is 0. The van der Waals surface area contributed by atoms with Crippen LogP contribution in [0.25, 0.3) is 0 Å². The van der Waals surface area contributed by atoms with Gasteiger partial charge in [-0.25, -0.2) is 0 Å². The monoisotopic (exact) mass is 295 g/mol. The van der Waals surface area contributed by atoms with Gasteiger partial charge in [0, 0.05) is 6.54 Å². The summed E-state index contributed by atoms with van der Waals surface area (Å²) >= 11 is 6.51. The molecule has 0 N–H and O–H groups in total. The van der Waals surface area contributed by atoms with Crippen molar-refractivity contribution < 1.29 is 0 Å². The van der Waals surface area contributed by atoms with Crippen LogP contribution < -0.4 is 0 Å². The summed E-state index contributed by atoms with van der Waals surface area (Å²) in [6.07, 6.45) is 6.50. The third-order valence-electron chi connectivity index (χ3n) is 3.97. The first-order valence-electron chi connectivity index (χ1n) is 8.16. The maximum absolute atomic E-state index is 6.51. The molecule has 0 aliphatic carbocycles. The number of rotatable bonds is 10. The molecule has 1 unspecified atom stereocenters. The van der Waals surface area contributed by atoms with Crippen LogP contribution in [0.2, 0.25) is 0 Å². The van der Waals surface area contributed by atoms with Gasteiger partial charge < -0.3 is 4.90 Å². The van der Waals surface area contributed by atoms with E-state index in [0.717, 1.165) is 19.6 Å². The molecule has 0 saturated heterocycles. The van der Waals surface area contributed by atoms with Crippen molar-refractivity contribution in [3.8, 4) is 0 Å². The zero-order valence-corrected chi connectivity index (χ0v) is 14.1. The number of likely N-dealkylation sites (N-methyl/N-ethyl adjacent to an activating group) is 1. The Balaban J connectivity index is 2.44. The van der Waals surface area contributed by atoms with E-state index in [2.05, 4.69) is 49.9 Å². The van der Waals surface area contributed by atoms with Crippen molar-refractivity contribution in [2.45, 2.75) is 58.3 Å². The quantitative estimate of drug-likeness (QED) is 0.411. The Labute approximate surface area is 130 Å². The lowest BCUT2D eigenvalue weighted by atomic mass is 10.0. The average molecular weight is 296 g/mol. The molecule has 1 rings (SSSR count). The third kappa shape index (κ3) is 6.28. The fourth-order valence-corrected chi connectivity index (χ4v) is 2.80. The van der Waals surface area contributed by atoms with E-state index in [9.17, 15) is 0 Å². The lowest BCUT2D eigenvalue weighted by molar-refractivity contribution is 0.304. The van der Waals surface area contributed by atoms with Crippen LogP contribution in [0, 0.1) is 0 Å². The molecule has 1 atom stereocenters. The van der Waals surface area contributed by atoms with Crippen molar-refractivity contribution in [1.29, 1.82) is 0 Å². The molecule has 1 nitrogen and oxygen atoms in total. The van der Waals surface area contributed by atoms with Gasteiger partial charge in [-0.2, -0.15) is 0 Å². The van der Waals surface area contributed by atoms with E-state index >= 15 is 0 Å². The summed E-state index contributed by atoms with van der Waals surface area (Å²) < 4.78 is 0. The molecule has 0 aliphatic rings. The number of hydrogen-bond donors (Lipinski definition) is 0. The van der Waals surface area contributed by atoms with Crippen molar-refractivity contribution in [3.63, 3.8) is 0 Å². The van der Waals surface area contributed by atoms with Gasteiger partial charge >= 0.3 is 0 Å². The minimum Gasteiger partial charge on any atom is -0.302 e. The number of aryl methyl sites for hydroxylation is 1. The van der Waals surface area contributed by atoms with Gasteiger partial charge in [-0.05, 0) is 37.1 Å². The summed E-state index contributed by atoms with van der Waals surface area (Å²) in [7, 11) is 0. The Morgan fingerprint density at radius 3 is 2.15 bits per heavy atom. The Hall–Kier alpha value is -0.530. The highest BCUT2D eigenvalue weighted by molar-refractivity contribution is 6.21. The van der Waals surface area contributed by atoms with Crippen LogP contribution in [-0.2, 0) is 6.42 Å². The molecule has 20 heavy (non-hydrogen) atoms. The molecule has 0 aliphatic heterocycles. The van der Waals surface area contributed by atoms with Crippen LogP contribution in [0.4, 0.5) is 0 Å². The van der Waals surface area contributed by atoms with Gasteiger partial charge in [0.2, 0.25) is 0 Å². The molecule has 0 radical (unpaired) electrons. The zero-order valence-electron chi connectivity index (χ0n) is 13.4. The van der Waals surface area contributed by atoms with Crippen LogP contribution in [0.5, 0.6) is 0 Å². The summed E-state index contributed by atoms with van der Waals surface area (Å²) in [5.41, 5.74) is 2.69. The molecule has 1 aromatic rings. The van der Waals surface area contributed by atoms with Gasteiger partial charge in [0.1, 0.15) is 0 Å². The highest BCUT2D eigenvalue weighted by Gasteiger charge is 2.11. The minimum absolute atomic E-state index is 0.101. The Bertz CT molecular complexity index is 343. The molecular weight excluding hydrogens is 266 g/mol. The van der Waals surface area contributed by atoms with E-state index in [1.165, 1.54) is 43.2 Å². The lowest BCUT2D eigenvalue weighted by Gasteiger charge is -2.21. The SMILES string of the molecule is CCCCCCc1ccc(C(Cl)CN(CC)CC)cc1. The van der Waals surface area contributed by atoms with E-state index in [1.807, 2.05) is 0 Å². The molecule has 0 aromatic heterocycles. The van der Waals surface area contributed by atoms with E-state index in [-0.39, 0.29) is 5.38 Å². The van der Waals surface area contributed by atoms with Crippen molar-refractivity contribution in [3.05, 3.63) is 35.4 Å². The van der Waals surface area contributed by atoms with Gasteiger partial charge in [-0.3, -0.25) is 0 Å². The summed E-state index contributed by atoms with van der Waals surface area (Å²) in [5, 5.41) is 0.101. The lowest BCUT2D eigenvalue weighted by Crippen LogP contribution is -2.26. The zero-order chi connectivity index (χ0) is 14.8. The van der Waals surface area contributed by atoms with Crippen LogP contribution in [0.15, 0.2) is 24.3 Å². The third-order valence-corrected chi connectivity index (χ3v) is 4.36. The van der Waals surface area contributed by atoms with Gasteiger partial charge in [-0.15, -0.1) is 11.6 Å². The first kappa shape index (κ1) is 17.5. The first-order chi connectivity index (χ1) is 9.71. The second kappa shape index (κ2) is 10.2. The standard InChI is InChI=1S/C18H30ClN/c1-4-7-8-9-10-16-11-13-17(14-12-16)18(19)15-20(5-2)6-3/h11-14,18H,4-10,15H2,1-3H3. The van der Waals surface area contributed by atoms with Crippen LogP contribution in [0.1, 0.15) is 63.0 Å². The molecule has 0 heterocycles. The largest absolute Gasteiger partial charge is 0.302 e. The number of halogens is 1. The Kier molecular flexibility index (Phi) is 8.97. The van der Waals surface area contributed by atoms with E-state index < -0.39 is 0 Å². The predicted molar refractivity (Wildman–Crippen MR) is 90.7 cm³/mol.